The van der Waals surface area contributed by atoms with Gasteiger partial charge < -0.3 is 10.0 Å². The Morgan fingerprint density at radius 1 is 1.47 bits per heavy atom. The minimum atomic E-state index is 0.647. The zero-order valence-corrected chi connectivity index (χ0v) is 11.7. The Bertz CT molecular complexity index is 404. The van der Waals surface area contributed by atoms with Crippen LogP contribution in [0.5, 0.6) is 0 Å². The van der Waals surface area contributed by atoms with Crippen molar-refractivity contribution in [2.24, 2.45) is 5.73 Å². The number of hydrogen-bond acceptors (Lipinski definition) is 4. The van der Waals surface area contributed by atoms with Crippen molar-refractivity contribution in [1.82, 2.24) is 0 Å². The molecule has 92 valence electrons. The molecule has 1 aliphatic heterocycles. The Kier molecular flexibility index (Phi) is 4.83. The highest BCUT2D eigenvalue weighted by molar-refractivity contribution is 8.06. The predicted molar refractivity (Wildman–Crippen MR) is 80.1 cm³/mol. The Morgan fingerprint density at radius 2 is 2.29 bits per heavy atom. The zero-order chi connectivity index (χ0) is 12.1. The van der Waals surface area contributed by atoms with E-state index < -0.39 is 0 Å². The number of fused-ring (bicyclic) bond motifs is 1. The lowest BCUT2D eigenvalue weighted by atomic mass is 10.0. The van der Waals surface area contributed by atoms with Crippen LogP contribution < -0.4 is 10.0 Å². The quantitative estimate of drug-likeness (QED) is 0.666. The number of nitrogens with zero attached hydrogens (tertiary/aromatic N) is 1. The molecule has 0 saturated carbocycles. The molecule has 0 spiro atoms. The number of rotatable bonds is 4. The first-order chi connectivity index (χ1) is 8.31. The number of benzene rings is 1. The fourth-order valence-corrected chi connectivity index (χ4v) is 3.51. The summed E-state index contributed by atoms with van der Waals surface area (Å²) in [5.41, 5.74) is 8.32. The van der Waals surface area contributed by atoms with E-state index in [4.69, 9.17) is 5.73 Å². The third-order valence-electron chi connectivity index (χ3n) is 2.67. The summed E-state index contributed by atoms with van der Waals surface area (Å²) in [6.07, 6.45) is 2.44. The van der Waals surface area contributed by atoms with Gasteiger partial charge in [-0.2, -0.15) is 0 Å². The zero-order valence-electron chi connectivity index (χ0n) is 10.1. The van der Waals surface area contributed by atoms with E-state index in [1.165, 1.54) is 29.0 Å². The second-order valence-electron chi connectivity index (χ2n) is 3.99. The molecule has 1 aliphatic rings. The molecule has 0 radical (unpaired) electrons. The third kappa shape index (κ3) is 3.44. The van der Waals surface area contributed by atoms with Gasteiger partial charge in [0.2, 0.25) is 0 Å². The highest BCUT2D eigenvalue weighted by atomic mass is 32.2. The summed E-state index contributed by atoms with van der Waals surface area (Å²) in [7, 11) is 0. The summed E-state index contributed by atoms with van der Waals surface area (Å²) in [5.74, 6) is 0.647. The number of aryl methyl sites for hydroxylation is 1. The summed E-state index contributed by atoms with van der Waals surface area (Å²) in [6.45, 7) is 3.27. The van der Waals surface area contributed by atoms with Crippen LogP contribution in [0.2, 0.25) is 0 Å². The van der Waals surface area contributed by atoms with Gasteiger partial charge in [0.1, 0.15) is 0 Å². The van der Waals surface area contributed by atoms with E-state index in [1.54, 1.807) is 11.8 Å². The first-order valence-corrected chi connectivity index (χ1v) is 7.65. The van der Waals surface area contributed by atoms with Crippen molar-refractivity contribution < 1.29 is 0 Å². The monoisotopic (exact) mass is 266 g/mol. The van der Waals surface area contributed by atoms with Crippen LogP contribution in [0.4, 0.5) is 5.69 Å². The van der Waals surface area contributed by atoms with E-state index in [2.05, 4.69) is 40.9 Å². The highest BCUT2D eigenvalue weighted by Gasteiger charge is 2.16. The number of anilines is 1. The standard InChI is InChI=1S/C13H18N2S2/c1-11(9-16-10-14)17-15-8-4-6-12-5-2-3-7-13(12)15/h2-3,5,7,9H,4,6,8,10,14H2,1H3/b11-9+. The van der Waals surface area contributed by atoms with E-state index in [9.17, 15) is 0 Å². The molecule has 17 heavy (non-hydrogen) atoms. The van der Waals surface area contributed by atoms with Crippen LogP contribution in [0.3, 0.4) is 0 Å². The number of hydrogen-bond donors (Lipinski definition) is 1. The fraction of sp³-hybridized carbons (Fsp3) is 0.385. The minimum absolute atomic E-state index is 0.647. The Hall–Kier alpha value is -0.580. The molecule has 0 saturated heterocycles. The molecular weight excluding hydrogens is 248 g/mol. The fourth-order valence-electron chi connectivity index (χ4n) is 1.95. The molecule has 0 aromatic heterocycles. The maximum atomic E-state index is 5.48. The van der Waals surface area contributed by atoms with Crippen molar-refractivity contribution in [3.63, 3.8) is 0 Å². The first kappa shape index (κ1) is 12.9. The van der Waals surface area contributed by atoms with Gasteiger partial charge in [0.05, 0.1) is 5.69 Å². The number of allylic oxidation sites excluding steroid dienone is 1. The number of nitrogens with two attached hydrogens (primary N) is 1. The lowest BCUT2D eigenvalue weighted by molar-refractivity contribution is 0.796. The van der Waals surface area contributed by atoms with Crippen LogP contribution in [0.1, 0.15) is 18.9 Å². The molecule has 1 aromatic rings. The van der Waals surface area contributed by atoms with Crippen LogP contribution in [0.15, 0.2) is 34.6 Å². The van der Waals surface area contributed by atoms with Gasteiger partial charge in [0.25, 0.3) is 0 Å². The molecular formula is C13H18N2S2. The van der Waals surface area contributed by atoms with Crippen molar-refractivity contribution in [3.8, 4) is 0 Å². The van der Waals surface area contributed by atoms with Gasteiger partial charge in [0, 0.05) is 17.3 Å². The largest absolute Gasteiger partial charge is 0.322 e. The number of para-hydroxylation sites is 1. The molecule has 0 fully saturated rings. The summed E-state index contributed by atoms with van der Waals surface area (Å²) in [6, 6.07) is 8.69. The summed E-state index contributed by atoms with van der Waals surface area (Å²) < 4.78 is 2.39. The smallest absolute Gasteiger partial charge is 0.0505 e. The van der Waals surface area contributed by atoms with Crippen molar-refractivity contribution >= 4 is 29.4 Å². The van der Waals surface area contributed by atoms with Gasteiger partial charge in [0.15, 0.2) is 0 Å². The average Bonchev–Trinajstić information content (AvgIpc) is 2.37. The topological polar surface area (TPSA) is 29.3 Å². The Balaban J connectivity index is 2.08. The van der Waals surface area contributed by atoms with Gasteiger partial charge >= 0.3 is 0 Å². The summed E-state index contributed by atoms with van der Waals surface area (Å²) >= 11 is 3.48. The second kappa shape index (κ2) is 6.38. The summed E-state index contributed by atoms with van der Waals surface area (Å²) in [4.78, 5) is 1.30. The maximum Gasteiger partial charge on any atom is 0.0505 e. The van der Waals surface area contributed by atoms with E-state index in [0.717, 1.165) is 6.54 Å². The minimum Gasteiger partial charge on any atom is -0.322 e. The van der Waals surface area contributed by atoms with Crippen molar-refractivity contribution in [2.45, 2.75) is 19.8 Å². The van der Waals surface area contributed by atoms with Crippen LogP contribution >= 0.6 is 23.7 Å². The van der Waals surface area contributed by atoms with Crippen molar-refractivity contribution in [3.05, 3.63) is 40.1 Å². The van der Waals surface area contributed by atoms with Gasteiger partial charge in [-0.1, -0.05) is 18.2 Å². The Labute approximate surface area is 112 Å². The lowest BCUT2D eigenvalue weighted by Gasteiger charge is -2.30. The van der Waals surface area contributed by atoms with Crippen molar-refractivity contribution in [2.75, 3.05) is 16.7 Å². The molecule has 1 heterocycles. The molecule has 0 bridgehead atoms. The van der Waals surface area contributed by atoms with E-state index in [1.807, 2.05) is 11.9 Å². The molecule has 0 amide bonds. The molecule has 2 nitrogen and oxygen atoms in total. The van der Waals surface area contributed by atoms with E-state index >= 15 is 0 Å². The van der Waals surface area contributed by atoms with Crippen LogP contribution in [-0.4, -0.2) is 12.4 Å². The van der Waals surface area contributed by atoms with Gasteiger partial charge in [-0.3, -0.25) is 0 Å². The van der Waals surface area contributed by atoms with Crippen molar-refractivity contribution in [1.29, 1.82) is 0 Å². The highest BCUT2D eigenvalue weighted by Crippen LogP contribution is 2.35. The molecule has 2 N–H and O–H groups in total. The maximum absolute atomic E-state index is 5.48. The summed E-state index contributed by atoms with van der Waals surface area (Å²) in [5, 5.41) is 2.14. The van der Waals surface area contributed by atoms with Gasteiger partial charge in [-0.05, 0) is 48.8 Å². The molecule has 0 unspecified atom stereocenters. The SMILES string of the molecule is C/C(=C\SCN)SN1CCCc2ccccc21. The molecule has 2 rings (SSSR count). The number of thioether (sulfide) groups is 1. The molecule has 0 atom stereocenters. The normalized spacial score (nSPS) is 15.9. The van der Waals surface area contributed by atoms with Gasteiger partial charge in [-0.15, -0.1) is 11.8 Å². The molecule has 0 aliphatic carbocycles. The predicted octanol–water partition coefficient (Wildman–Crippen LogP) is 3.60. The van der Waals surface area contributed by atoms with Gasteiger partial charge in [-0.25, -0.2) is 0 Å². The molecule has 1 aromatic carbocycles. The van der Waals surface area contributed by atoms with E-state index in [-0.39, 0.29) is 0 Å². The van der Waals surface area contributed by atoms with Crippen LogP contribution in [0, 0.1) is 0 Å². The molecule has 4 heteroatoms. The van der Waals surface area contributed by atoms with Crippen LogP contribution in [0.25, 0.3) is 0 Å². The Morgan fingerprint density at radius 3 is 3.12 bits per heavy atom. The van der Waals surface area contributed by atoms with E-state index in [0.29, 0.717) is 5.88 Å². The lowest BCUT2D eigenvalue weighted by Crippen LogP contribution is -2.22. The average molecular weight is 266 g/mol. The van der Waals surface area contributed by atoms with Crippen LogP contribution in [-0.2, 0) is 6.42 Å². The first-order valence-electron chi connectivity index (χ1n) is 5.83. The third-order valence-corrected chi connectivity index (χ3v) is 4.53. The second-order valence-corrected chi connectivity index (χ2v) is 6.16.